The minimum absolute atomic E-state index is 0.169. The fraction of sp³-hybridized carbons (Fsp3) is 0.135. The zero-order valence-corrected chi connectivity index (χ0v) is 22.6. The van der Waals surface area contributed by atoms with Gasteiger partial charge in [0, 0.05) is 38.6 Å². The van der Waals surface area contributed by atoms with Gasteiger partial charge in [0.15, 0.2) is 5.82 Å². The third kappa shape index (κ3) is 3.37. The number of benzene rings is 4. The monoisotopic (exact) mass is 516 g/mol. The molecule has 40 heavy (non-hydrogen) atoms. The third-order valence-corrected chi connectivity index (χ3v) is 8.57. The smallest absolute Gasteiger partial charge is 0.161 e. The Labute approximate surface area is 233 Å². The molecule has 4 aromatic carbocycles. The summed E-state index contributed by atoms with van der Waals surface area (Å²) in [5.74, 6) is 1.69. The van der Waals surface area contributed by atoms with Gasteiger partial charge in [0.25, 0.3) is 0 Å². The molecule has 0 radical (unpaired) electrons. The number of hydrogen-bond donors (Lipinski definition) is 0. The van der Waals surface area contributed by atoms with Crippen LogP contribution in [0.3, 0.4) is 0 Å². The largest absolute Gasteiger partial charge is 0.456 e. The number of aryl methyl sites for hydroxylation is 1. The Kier molecular flexibility index (Phi) is 4.99. The molecule has 2 aromatic heterocycles. The summed E-state index contributed by atoms with van der Waals surface area (Å²) < 4.78 is 6.73. The van der Waals surface area contributed by atoms with Crippen molar-refractivity contribution < 1.29 is 4.42 Å². The topological polar surface area (TPSA) is 38.9 Å². The number of furan rings is 1. The van der Waals surface area contributed by atoms with E-state index in [1.807, 2.05) is 12.1 Å². The van der Waals surface area contributed by atoms with Gasteiger partial charge >= 0.3 is 0 Å². The van der Waals surface area contributed by atoms with Crippen LogP contribution in [0.4, 0.5) is 0 Å². The summed E-state index contributed by atoms with van der Waals surface area (Å²) in [7, 11) is 0. The number of aromatic nitrogens is 2. The van der Waals surface area contributed by atoms with Crippen LogP contribution < -0.4 is 0 Å². The summed E-state index contributed by atoms with van der Waals surface area (Å²) in [5, 5.41) is 1.15. The van der Waals surface area contributed by atoms with Gasteiger partial charge in [-0.2, -0.15) is 0 Å². The maximum atomic E-state index is 6.73. The lowest BCUT2D eigenvalue weighted by atomic mass is 9.81. The minimum atomic E-state index is -0.169. The highest BCUT2D eigenvalue weighted by atomic mass is 16.3. The molecule has 0 spiro atoms. The SMILES string of the molecule is CC1(C)c2ccccc2-c2c1cc(-c1nc(-c3ccccc3)cc(-c3ccccc3)n1)c1c3c(oc21)C=CCC3. The molecule has 0 N–H and O–H groups in total. The number of nitrogens with zero attached hydrogens (tertiary/aromatic N) is 2. The summed E-state index contributed by atoms with van der Waals surface area (Å²) in [6.07, 6.45) is 6.29. The second-order valence-electron chi connectivity index (χ2n) is 11.3. The zero-order chi connectivity index (χ0) is 26.8. The van der Waals surface area contributed by atoms with Crippen LogP contribution >= 0.6 is 0 Å². The average Bonchev–Trinajstić information content (AvgIpc) is 3.50. The van der Waals surface area contributed by atoms with Crippen molar-refractivity contribution in [1.82, 2.24) is 9.97 Å². The Balaban J connectivity index is 1.48. The lowest BCUT2D eigenvalue weighted by Gasteiger charge is -2.22. The van der Waals surface area contributed by atoms with Gasteiger partial charge < -0.3 is 4.42 Å². The molecular formula is C37H28N2O. The van der Waals surface area contributed by atoms with E-state index in [-0.39, 0.29) is 5.41 Å². The van der Waals surface area contributed by atoms with Gasteiger partial charge in [-0.05, 0) is 47.7 Å². The molecule has 192 valence electrons. The molecule has 6 aromatic rings. The van der Waals surface area contributed by atoms with E-state index in [4.69, 9.17) is 14.4 Å². The van der Waals surface area contributed by atoms with Gasteiger partial charge in [0.05, 0.1) is 11.4 Å². The third-order valence-electron chi connectivity index (χ3n) is 8.57. The number of rotatable bonds is 3. The molecule has 0 atom stereocenters. The van der Waals surface area contributed by atoms with E-state index in [1.54, 1.807) is 0 Å². The van der Waals surface area contributed by atoms with Crippen molar-refractivity contribution in [2.45, 2.75) is 32.1 Å². The Morgan fingerprint density at radius 3 is 2.05 bits per heavy atom. The van der Waals surface area contributed by atoms with Crippen LogP contribution in [0.1, 0.15) is 42.7 Å². The molecule has 3 nitrogen and oxygen atoms in total. The lowest BCUT2D eigenvalue weighted by molar-refractivity contribution is 0.595. The summed E-state index contributed by atoms with van der Waals surface area (Å²) in [4.78, 5) is 10.5. The number of fused-ring (bicyclic) bond motifs is 7. The zero-order valence-electron chi connectivity index (χ0n) is 22.6. The molecule has 2 aliphatic rings. The second kappa shape index (κ2) is 8.62. The quantitative estimate of drug-likeness (QED) is 0.235. The average molecular weight is 517 g/mol. The molecule has 0 amide bonds. The van der Waals surface area contributed by atoms with Gasteiger partial charge in [0.1, 0.15) is 11.3 Å². The van der Waals surface area contributed by atoms with Gasteiger partial charge in [-0.1, -0.05) is 105 Å². The first-order valence-electron chi connectivity index (χ1n) is 14.0. The molecule has 0 fully saturated rings. The first-order chi connectivity index (χ1) is 19.6. The van der Waals surface area contributed by atoms with Crippen molar-refractivity contribution in [3.8, 4) is 45.0 Å². The summed E-state index contributed by atoms with van der Waals surface area (Å²) in [5.41, 5.74) is 12.1. The van der Waals surface area contributed by atoms with Crippen LogP contribution in [0.5, 0.6) is 0 Å². The standard InChI is InChI=1S/C37H28N2O/c1-37(2)28-19-11-9-17-25(28)34-29(37)21-27(33-26-18-10-12-20-32(26)40-35(33)34)36-38-30(23-13-5-3-6-14-23)22-31(39-36)24-15-7-4-8-16-24/h3-9,11-17,19-22H,10,18H2,1-2H3. The molecule has 8 rings (SSSR count). The molecule has 0 saturated heterocycles. The summed E-state index contributed by atoms with van der Waals surface area (Å²) >= 11 is 0. The predicted octanol–water partition coefficient (Wildman–Crippen LogP) is 9.49. The van der Waals surface area contributed by atoms with Crippen molar-refractivity contribution in [3.05, 3.63) is 126 Å². The highest BCUT2D eigenvalue weighted by Gasteiger charge is 2.39. The van der Waals surface area contributed by atoms with Crippen molar-refractivity contribution in [3.63, 3.8) is 0 Å². The number of allylic oxidation sites excluding steroid dienone is 1. The van der Waals surface area contributed by atoms with E-state index in [2.05, 4.69) is 111 Å². The molecule has 0 unspecified atom stereocenters. The van der Waals surface area contributed by atoms with Crippen LogP contribution in [0.25, 0.3) is 62.1 Å². The highest BCUT2D eigenvalue weighted by molar-refractivity contribution is 6.08. The predicted molar refractivity (Wildman–Crippen MR) is 163 cm³/mol. The molecule has 2 aliphatic carbocycles. The van der Waals surface area contributed by atoms with Gasteiger partial charge in [-0.15, -0.1) is 0 Å². The van der Waals surface area contributed by atoms with Crippen molar-refractivity contribution in [1.29, 1.82) is 0 Å². The first kappa shape index (κ1) is 23.2. The van der Waals surface area contributed by atoms with Crippen molar-refractivity contribution in [2.75, 3.05) is 0 Å². The summed E-state index contributed by atoms with van der Waals surface area (Å²) in [6, 6.07) is 34.0. The molecule has 0 bridgehead atoms. The molecule has 2 heterocycles. The molecule has 3 heteroatoms. The highest BCUT2D eigenvalue weighted by Crippen LogP contribution is 2.54. The Hall–Kier alpha value is -4.76. The number of hydrogen-bond acceptors (Lipinski definition) is 3. The van der Waals surface area contributed by atoms with Crippen LogP contribution in [-0.4, -0.2) is 9.97 Å². The maximum Gasteiger partial charge on any atom is 0.161 e. The van der Waals surface area contributed by atoms with E-state index in [0.717, 1.165) is 63.5 Å². The maximum absolute atomic E-state index is 6.73. The van der Waals surface area contributed by atoms with Crippen LogP contribution in [0.2, 0.25) is 0 Å². The van der Waals surface area contributed by atoms with E-state index < -0.39 is 0 Å². The fourth-order valence-corrected chi connectivity index (χ4v) is 6.56. The van der Waals surface area contributed by atoms with E-state index in [1.165, 1.54) is 27.8 Å². The van der Waals surface area contributed by atoms with Crippen molar-refractivity contribution >= 4 is 17.0 Å². The van der Waals surface area contributed by atoms with Gasteiger partial charge in [0.2, 0.25) is 0 Å². The Morgan fingerprint density at radius 1 is 0.700 bits per heavy atom. The van der Waals surface area contributed by atoms with E-state index >= 15 is 0 Å². The Morgan fingerprint density at radius 2 is 1.35 bits per heavy atom. The second-order valence-corrected chi connectivity index (χ2v) is 11.3. The minimum Gasteiger partial charge on any atom is -0.456 e. The van der Waals surface area contributed by atoms with Gasteiger partial charge in [-0.25, -0.2) is 9.97 Å². The van der Waals surface area contributed by atoms with E-state index in [0.29, 0.717) is 0 Å². The molecule has 0 aliphatic heterocycles. The van der Waals surface area contributed by atoms with Crippen LogP contribution in [0.15, 0.2) is 108 Å². The molecule has 0 saturated carbocycles. The first-order valence-corrected chi connectivity index (χ1v) is 14.0. The molecular weight excluding hydrogens is 488 g/mol. The summed E-state index contributed by atoms with van der Waals surface area (Å²) in [6.45, 7) is 4.62. The van der Waals surface area contributed by atoms with Crippen molar-refractivity contribution in [2.24, 2.45) is 0 Å². The fourth-order valence-electron chi connectivity index (χ4n) is 6.56. The van der Waals surface area contributed by atoms with E-state index in [9.17, 15) is 0 Å². The Bertz CT molecular complexity index is 1910. The van der Waals surface area contributed by atoms with Gasteiger partial charge in [-0.3, -0.25) is 0 Å². The lowest BCUT2D eigenvalue weighted by Crippen LogP contribution is -2.15. The normalized spacial score (nSPS) is 14.7. The van der Waals surface area contributed by atoms with Crippen LogP contribution in [-0.2, 0) is 11.8 Å². The van der Waals surface area contributed by atoms with Crippen LogP contribution in [0, 0.1) is 0 Å².